The topological polar surface area (TPSA) is 61.4 Å². The third-order valence-electron chi connectivity index (χ3n) is 5.58. The highest BCUT2D eigenvalue weighted by Crippen LogP contribution is 2.26. The SMILES string of the molecule is Cc1cccc(NC(=O)C(C)(C)C(=O)Nc2ccc(N3CCCC3)cc2)c1C. The molecule has 1 aliphatic rings. The molecule has 0 aromatic heterocycles. The summed E-state index contributed by atoms with van der Waals surface area (Å²) >= 11 is 0. The summed E-state index contributed by atoms with van der Waals surface area (Å²) in [4.78, 5) is 27.9. The van der Waals surface area contributed by atoms with Crippen LogP contribution in [0.3, 0.4) is 0 Å². The number of hydrogen-bond acceptors (Lipinski definition) is 3. The number of aryl methyl sites for hydroxylation is 1. The smallest absolute Gasteiger partial charge is 0.239 e. The largest absolute Gasteiger partial charge is 0.372 e. The molecule has 0 radical (unpaired) electrons. The van der Waals surface area contributed by atoms with Crippen molar-refractivity contribution in [2.75, 3.05) is 28.6 Å². The summed E-state index contributed by atoms with van der Waals surface area (Å²) in [5, 5.41) is 5.77. The van der Waals surface area contributed by atoms with Crippen LogP contribution in [0.5, 0.6) is 0 Å². The second-order valence-electron chi connectivity index (χ2n) is 8.02. The van der Waals surface area contributed by atoms with Crippen molar-refractivity contribution in [1.82, 2.24) is 0 Å². The fourth-order valence-electron chi connectivity index (χ4n) is 3.29. The van der Waals surface area contributed by atoms with Gasteiger partial charge in [-0.15, -0.1) is 0 Å². The Morgan fingerprint density at radius 3 is 2.14 bits per heavy atom. The second-order valence-corrected chi connectivity index (χ2v) is 8.02. The number of carbonyl (C=O) groups excluding carboxylic acids is 2. The molecule has 1 saturated heterocycles. The van der Waals surface area contributed by atoms with Gasteiger partial charge in [-0.05, 0) is 82.0 Å². The van der Waals surface area contributed by atoms with Crippen molar-refractivity contribution in [3.05, 3.63) is 53.6 Å². The lowest BCUT2D eigenvalue weighted by atomic mass is 9.90. The van der Waals surface area contributed by atoms with E-state index in [4.69, 9.17) is 0 Å². The summed E-state index contributed by atoms with van der Waals surface area (Å²) in [6, 6.07) is 13.6. The minimum atomic E-state index is -1.20. The van der Waals surface area contributed by atoms with Gasteiger partial charge in [0, 0.05) is 30.2 Å². The van der Waals surface area contributed by atoms with Gasteiger partial charge in [-0.1, -0.05) is 12.1 Å². The molecule has 5 heteroatoms. The van der Waals surface area contributed by atoms with Gasteiger partial charge in [0.25, 0.3) is 0 Å². The van der Waals surface area contributed by atoms with Crippen molar-refractivity contribution in [3.63, 3.8) is 0 Å². The van der Waals surface area contributed by atoms with Gasteiger partial charge in [0.1, 0.15) is 5.41 Å². The van der Waals surface area contributed by atoms with Crippen molar-refractivity contribution in [3.8, 4) is 0 Å². The van der Waals surface area contributed by atoms with E-state index in [2.05, 4.69) is 15.5 Å². The van der Waals surface area contributed by atoms with E-state index < -0.39 is 5.41 Å². The highest BCUT2D eigenvalue weighted by Gasteiger charge is 2.36. The number of benzene rings is 2. The Morgan fingerprint density at radius 2 is 1.50 bits per heavy atom. The monoisotopic (exact) mass is 379 g/mol. The molecule has 1 fully saturated rings. The molecule has 0 atom stereocenters. The summed E-state index contributed by atoms with van der Waals surface area (Å²) in [7, 11) is 0. The molecule has 2 N–H and O–H groups in total. The zero-order valence-corrected chi connectivity index (χ0v) is 17.1. The Labute approximate surface area is 167 Å². The maximum Gasteiger partial charge on any atom is 0.239 e. The number of hydrogen-bond donors (Lipinski definition) is 2. The van der Waals surface area contributed by atoms with Crippen LogP contribution in [0, 0.1) is 19.3 Å². The Bertz CT molecular complexity index is 866. The third kappa shape index (κ3) is 4.19. The average Bonchev–Trinajstić information content (AvgIpc) is 3.20. The molecule has 5 nitrogen and oxygen atoms in total. The summed E-state index contributed by atoms with van der Waals surface area (Å²) in [6.45, 7) is 9.39. The molecule has 2 aromatic rings. The van der Waals surface area contributed by atoms with Gasteiger partial charge in [0.15, 0.2) is 0 Å². The minimum Gasteiger partial charge on any atom is -0.372 e. The normalized spacial score (nSPS) is 14.1. The number of nitrogens with one attached hydrogen (secondary N) is 2. The van der Waals surface area contributed by atoms with E-state index in [-0.39, 0.29) is 11.8 Å². The molecule has 0 bridgehead atoms. The maximum atomic E-state index is 12.8. The first-order valence-corrected chi connectivity index (χ1v) is 9.83. The van der Waals surface area contributed by atoms with Crippen molar-refractivity contribution < 1.29 is 9.59 Å². The van der Waals surface area contributed by atoms with Gasteiger partial charge in [-0.25, -0.2) is 0 Å². The van der Waals surface area contributed by atoms with Crippen molar-refractivity contribution in [1.29, 1.82) is 0 Å². The molecule has 3 rings (SSSR count). The summed E-state index contributed by atoms with van der Waals surface area (Å²) < 4.78 is 0. The van der Waals surface area contributed by atoms with Crippen LogP contribution >= 0.6 is 0 Å². The van der Waals surface area contributed by atoms with E-state index in [1.54, 1.807) is 13.8 Å². The van der Waals surface area contributed by atoms with E-state index in [1.165, 1.54) is 18.5 Å². The summed E-state index contributed by atoms with van der Waals surface area (Å²) in [6.07, 6.45) is 2.45. The molecule has 1 aliphatic heterocycles. The first-order chi connectivity index (χ1) is 13.3. The molecule has 2 aromatic carbocycles. The lowest BCUT2D eigenvalue weighted by Crippen LogP contribution is -2.41. The van der Waals surface area contributed by atoms with Crippen LogP contribution in [-0.2, 0) is 9.59 Å². The van der Waals surface area contributed by atoms with Gasteiger partial charge < -0.3 is 15.5 Å². The number of rotatable bonds is 5. The van der Waals surface area contributed by atoms with E-state index in [1.807, 2.05) is 56.3 Å². The summed E-state index contributed by atoms with van der Waals surface area (Å²) in [5.41, 5.74) is 3.50. The Morgan fingerprint density at radius 1 is 0.893 bits per heavy atom. The van der Waals surface area contributed by atoms with Crippen LogP contribution in [0.25, 0.3) is 0 Å². The van der Waals surface area contributed by atoms with Crippen LogP contribution in [0.15, 0.2) is 42.5 Å². The zero-order valence-electron chi connectivity index (χ0n) is 17.1. The fourth-order valence-corrected chi connectivity index (χ4v) is 3.29. The third-order valence-corrected chi connectivity index (χ3v) is 5.58. The van der Waals surface area contributed by atoms with E-state index in [0.29, 0.717) is 5.69 Å². The Kier molecular flexibility index (Phi) is 5.73. The number of amides is 2. The number of anilines is 3. The van der Waals surface area contributed by atoms with Gasteiger partial charge in [-0.2, -0.15) is 0 Å². The molecule has 0 aliphatic carbocycles. The predicted octanol–water partition coefficient (Wildman–Crippen LogP) is 4.51. The van der Waals surface area contributed by atoms with Crippen molar-refractivity contribution >= 4 is 28.9 Å². The van der Waals surface area contributed by atoms with Gasteiger partial charge >= 0.3 is 0 Å². The Hall–Kier alpha value is -2.82. The van der Waals surface area contributed by atoms with Gasteiger partial charge in [0.05, 0.1) is 0 Å². The van der Waals surface area contributed by atoms with Gasteiger partial charge in [0.2, 0.25) is 11.8 Å². The van der Waals surface area contributed by atoms with Crippen LogP contribution < -0.4 is 15.5 Å². The quantitative estimate of drug-likeness (QED) is 0.752. The molecule has 0 spiro atoms. The lowest BCUT2D eigenvalue weighted by Gasteiger charge is -2.24. The van der Waals surface area contributed by atoms with Crippen LogP contribution in [0.4, 0.5) is 17.1 Å². The average molecular weight is 380 g/mol. The molecule has 148 valence electrons. The van der Waals surface area contributed by atoms with Crippen LogP contribution in [0.2, 0.25) is 0 Å². The second kappa shape index (κ2) is 8.05. The highest BCUT2D eigenvalue weighted by molar-refractivity contribution is 6.14. The molecule has 0 saturated carbocycles. The predicted molar refractivity (Wildman–Crippen MR) is 115 cm³/mol. The van der Waals surface area contributed by atoms with E-state index >= 15 is 0 Å². The molecule has 1 heterocycles. The maximum absolute atomic E-state index is 12.8. The Balaban J connectivity index is 1.66. The fraction of sp³-hybridized carbons (Fsp3) is 0.391. The van der Waals surface area contributed by atoms with E-state index in [9.17, 15) is 9.59 Å². The van der Waals surface area contributed by atoms with Crippen molar-refractivity contribution in [2.45, 2.75) is 40.5 Å². The highest BCUT2D eigenvalue weighted by atomic mass is 16.2. The first kappa shape index (κ1) is 19.9. The van der Waals surface area contributed by atoms with E-state index in [0.717, 1.165) is 29.9 Å². The molecule has 0 unspecified atom stereocenters. The number of carbonyl (C=O) groups is 2. The zero-order chi connectivity index (χ0) is 20.3. The van der Waals surface area contributed by atoms with Crippen molar-refractivity contribution in [2.24, 2.45) is 5.41 Å². The molecule has 28 heavy (non-hydrogen) atoms. The molecular weight excluding hydrogens is 350 g/mol. The number of nitrogens with zero attached hydrogens (tertiary/aromatic N) is 1. The standard InChI is InChI=1S/C23H29N3O2/c1-16-8-7-9-20(17(16)2)25-22(28)23(3,4)21(27)24-18-10-12-19(13-11-18)26-14-5-6-15-26/h7-13H,5-6,14-15H2,1-4H3,(H,24,27)(H,25,28). The van der Waals surface area contributed by atoms with Gasteiger partial charge in [-0.3, -0.25) is 9.59 Å². The summed E-state index contributed by atoms with van der Waals surface area (Å²) in [5.74, 6) is -0.656. The first-order valence-electron chi connectivity index (χ1n) is 9.83. The van der Waals surface area contributed by atoms with Crippen LogP contribution in [0.1, 0.15) is 37.8 Å². The lowest BCUT2D eigenvalue weighted by molar-refractivity contribution is -0.135. The van der Waals surface area contributed by atoms with Crippen LogP contribution in [-0.4, -0.2) is 24.9 Å². The minimum absolute atomic E-state index is 0.326. The molecular formula is C23H29N3O2. The molecule has 2 amide bonds.